The van der Waals surface area contributed by atoms with Crippen molar-refractivity contribution in [3.63, 3.8) is 0 Å². The monoisotopic (exact) mass is 392 g/mol. The van der Waals surface area contributed by atoms with E-state index in [0.717, 1.165) is 42.4 Å². The number of hydrogen-bond donors (Lipinski definition) is 1. The van der Waals surface area contributed by atoms with Gasteiger partial charge in [0.2, 0.25) is 0 Å². The SMILES string of the molecule is Cc1ncc(C#Cc2ccc(C3CCC(C(=O)OC(C)(C)C)CC3)c(O)c2)cn1. The third-order valence-corrected chi connectivity index (χ3v) is 5.07. The lowest BCUT2D eigenvalue weighted by molar-refractivity contribution is -0.161. The first kappa shape index (κ1) is 20.9. The number of aromatic hydroxyl groups is 1. The lowest BCUT2D eigenvalue weighted by Crippen LogP contribution is -2.30. The molecule has 0 radical (unpaired) electrons. The molecule has 5 nitrogen and oxygen atoms in total. The zero-order valence-corrected chi connectivity index (χ0v) is 17.5. The number of esters is 1. The first-order valence-electron chi connectivity index (χ1n) is 10.1. The molecule has 1 aliphatic carbocycles. The lowest BCUT2D eigenvalue weighted by atomic mass is 9.78. The van der Waals surface area contributed by atoms with E-state index in [4.69, 9.17) is 4.74 Å². The topological polar surface area (TPSA) is 72.3 Å². The molecule has 0 unspecified atom stereocenters. The largest absolute Gasteiger partial charge is 0.508 e. The van der Waals surface area contributed by atoms with Crippen molar-refractivity contribution in [1.82, 2.24) is 9.97 Å². The first-order chi connectivity index (χ1) is 13.7. The van der Waals surface area contributed by atoms with Crippen molar-refractivity contribution < 1.29 is 14.6 Å². The van der Waals surface area contributed by atoms with Gasteiger partial charge in [-0.3, -0.25) is 4.79 Å². The molecule has 1 aromatic carbocycles. The van der Waals surface area contributed by atoms with Crippen molar-refractivity contribution >= 4 is 5.97 Å². The Bertz CT molecular complexity index is 925. The van der Waals surface area contributed by atoms with Crippen molar-refractivity contribution in [2.24, 2.45) is 5.92 Å². The smallest absolute Gasteiger partial charge is 0.309 e. The number of nitrogens with zero attached hydrogens (tertiary/aromatic N) is 2. The van der Waals surface area contributed by atoms with Crippen LogP contribution in [0.2, 0.25) is 0 Å². The maximum Gasteiger partial charge on any atom is 0.309 e. The Labute approximate surface area is 172 Å². The number of carbonyl (C=O) groups is 1. The fourth-order valence-electron chi connectivity index (χ4n) is 3.59. The summed E-state index contributed by atoms with van der Waals surface area (Å²) in [7, 11) is 0. The summed E-state index contributed by atoms with van der Waals surface area (Å²) in [5, 5.41) is 10.5. The van der Waals surface area contributed by atoms with Crippen LogP contribution in [0.4, 0.5) is 0 Å². The highest BCUT2D eigenvalue weighted by Crippen LogP contribution is 2.40. The molecule has 1 N–H and O–H groups in total. The summed E-state index contributed by atoms with van der Waals surface area (Å²) in [5.74, 6) is 7.13. The summed E-state index contributed by atoms with van der Waals surface area (Å²) in [6, 6.07) is 5.58. The fourth-order valence-corrected chi connectivity index (χ4v) is 3.59. The Morgan fingerprint density at radius 3 is 2.28 bits per heavy atom. The summed E-state index contributed by atoms with van der Waals surface area (Å²) < 4.78 is 5.52. The molecule has 1 fully saturated rings. The predicted octanol–water partition coefficient (Wildman–Crippen LogP) is 4.51. The van der Waals surface area contributed by atoms with Crippen molar-refractivity contribution in [3.8, 4) is 17.6 Å². The molecule has 1 saturated carbocycles. The zero-order chi connectivity index (χ0) is 21.0. The van der Waals surface area contributed by atoms with Gasteiger partial charge < -0.3 is 9.84 Å². The highest BCUT2D eigenvalue weighted by molar-refractivity contribution is 5.73. The standard InChI is InChI=1S/C24H28N2O3/c1-16-25-14-18(15-26-16)6-5-17-7-12-21(22(27)13-17)19-8-10-20(11-9-19)23(28)29-24(2,3)4/h7,12-15,19-20,27H,8-11H2,1-4H3. The van der Waals surface area contributed by atoms with Crippen LogP contribution in [0.1, 0.15) is 74.9 Å². The van der Waals surface area contributed by atoms with Gasteiger partial charge >= 0.3 is 5.97 Å². The average molecular weight is 392 g/mol. The second-order valence-corrected chi connectivity index (χ2v) is 8.62. The Hall–Kier alpha value is -2.87. The van der Waals surface area contributed by atoms with Crippen LogP contribution in [-0.4, -0.2) is 26.6 Å². The van der Waals surface area contributed by atoms with Gasteiger partial charge in [0, 0.05) is 18.0 Å². The molecular formula is C24H28N2O3. The van der Waals surface area contributed by atoms with E-state index in [1.807, 2.05) is 39.8 Å². The molecule has 152 valence electrons. The second kappa shape index (κ2) is 8.65. The molecule has 0 aliphatic heterocycles. The van der Waals surface area contributed by atoms with Crippen LogP contribution in [0, 0.1) is 24.7 Å². The van der Waals surface area contributed by atoms with E-state index < -0.39 is 5.60 Å². The number of phenolic OH excluding ortho intramolecular Hbond substituents is 1. The van der Waals surface area contributed by atoms with Gasteiger partial charge in [-0.1, -0.05) is 17.9 Å². The normalized spacial score (nSPS) is 19.2. The van der Waals surface area contributed by atoms with E-state index in [1.165, 1.54) is 0 Å². The summed E-state index contributed by atoms with van der Waals surface area (Å²) >= 11 is 0. The van der Waals surface area contributed by atoms with Crippen molar-refractivity contribution in [3.05, 3.63) is 53.1 Å². The average Bonchev–Trinajstić information content (AvgIpc) is 2.66. The number of carbonyl (C=O) groups excluding carboxylic acids is 1. The van der Waals surface area contributed by atoms with Gasteiger partial charge in [-0.05, 0) is 77.0 Å². The van der Waals surface area contributed by atoms with Crippen molar-refractivity contribution in [2.75, 3.05) is 0 Å². The van der Waals surface area contributed by atoms with Crippen LogP contribution in [0.15, 0.2) is 30.6 Å². The summed E-state index contributed by atoms with van der Waals surface area (Å²) in [6.07, 6.45) is 6.67. The summed E-state index contributed by atoms with van der Waals surface area (Å²) in [4.78, 5) is 20.5. The molecule has 5 heteroatoms. The maximum atomic E-state index is 12.3. The van der Waals surface area contributed by atoms with Gasteiger partial charge in [0.25, 0.3) is 0 Å². The Morgan fingerprint density at radius 1 is 1.07 bits per heavy atom. The molecule has 0 amide bonds. The molecule has 29 heavy (non-hydrogen) atoms. The van der Waals surface area contributed by atoms with E-state index >= 15 is 0 Å². The quantitative estimate of drug-likeness (QED) is 0.601. The van der Waals surface area contributed by atoms with Crippen LogP contribution in [0.3, 0.4) is 0 Å². The minimum Gasteiger partial charge on any atom is -0.508 e. The van der Waals surface area contributed by atoms with E-state index in [2.05, 4.69) is 21.8 Å². The van der Waals surface area contributed by atoms with E-state index in [1.54, 1.807) is 18.5 Å². The molecule has 1 aliphatic rings. The zero-order valence-electron chi connectivity index (χ0n) is 17.5. The number of phenols is 1. The Kier molecular flexibility index (Phi) is 6.22. The number of rotatable bonds is 2. The number of aryl methyl sites for hydroxylation is 1. The third-order valence-electron chi connectivity index (χ3n) is 5.07. The van der Waals surface area contributed by atoms with Crippen molar-refractivity contribution in [2.45, 2.75) is 64.9 Å². The molecule has 1 heterocycles. The molecule has 3 rings (SSSR count). The fraction of sp³-hybridized carbons (Fsp3) is 0.458. The highest BCUT2D eigenvalue weighted by Gasteiger charge is 2.31. The highest BCUT2D eigenvalue weighted by atomic mass is 16.6. The lowest BCUT2D eigenvalue weighted by Gasteiger charge is -2.30. The predicted molar refractivity (Wildman–Crippen MR) is 111 cm³/mol. The van der Waals surface area contributed by atoms with Gasteiger partial charge in [0.1, 0.15) is 17.2 Å². The summed E-state index contributed by atoms with van der Waals surface area (Å²) in [6.45, 7) is 7.51. The van der Waals surface area contributed by atoms with Crippen LogP contribution < -0.4 is 0 Å². The van der Waals surface area contributed by atoms with E-state index in [9.17, 15) is 9.90 Å². The second-order valence-electron chi connectivity index (χ2n) is 8.62. The van der Waals surface area contributed by atoms with Gasteiger partial charge in [0.05, 0.1) is 11.5 Å². The first-order valence-corrected chi connectivity index (χ1v) is 10.1. The minimum absolute atomic E-state index is 0.0468. The molecule has 0 bridgehead atoms. The van der Waals surface area contributed by atoms with Crippen LogP contribution in [-0.2, 0) is 9.53 Å². The van der Waals surface area contributed by atoms with Crippen molar-refractivity contribution in [1.29, 1.82) is 0 Å². The Morgan fingerprint density at radius 2 is 1.69 bits per heavy atom. The van der Waals surface area contributed by atoms with Crippen LogP contribution in [0.25, 0.3) is 0 Å². The molecule has 0 spiro atoms. The molecule has 0 atom stereocenters. The number of aromatic nitrogens is 2. The number of hydrogen-bond acceptors (Lipinski definition) is 5. The van der Waals surface area contributed by atoms with E-state index in [-0.39, 0.29) is 23.6 Å². The van der Waals surface area contributed by atoms with Gasteiger partial charge in [-0.25, -0.2) is 9.97 Å². The van der Waals surface area contributed by atoms with E-state index in [0.29, 0.717) is 5.82 Å². The Balaban J connectivity index is 1.63. The number of ether oxygens (including phenoxy) is 1. The molecule has 1 aromatic heterocycles. The summed E-state index contributed by atoms with van der Waals surface area (Å²) in [5.41, 5.74) is 1.96. The van der Waals surface area contributed by atoms with Crippen LogP contribution in [0.5, 0.6) is 5.75 Å². The van der Waals surface area contributed by atoms with Gasteiger partial charge in [-0.2, -0.15) is 0 Å². The van der Waals surface area contributed by atoms with Gasteiger partial charge in [-0.15, -0.1) is 0 Å². The van der Waals surface area contributed by atoms with Crippen LogP contribution >= 0.6 is 0 Å². The number of benzene rings is 1. The maximum absolute atomic E-state index is 12.3. The third kappa shape index (κ3) is 5.80. The molecule has 2 aromatic rings. The minimum atomic E-state index is -0.451. The molecular weight excluding hydrogens is 364 g/mol. The van der Waals surface area contributed by atoms with Gasteiger partial charge in [0.15, 0.2) is 0 Å². The molecule has 0 saturated heterocycles.